The molecule has 1 aromatic heterocycles. The molecule has 2 aliphatic rings. The Morgan fingerprint density at radius 2 is 1.86 bits per heavy atom. The number of aryl methyl sites for hydroxylation is 1. The summed E-state index contributed by atoms with van der Waals surface area (Å²) < 4.78 is 12.8. The van der Waals surface area contributed by atoms with E-state index in [4.69, 9.17) is 9.47 Å². The van der Waals surface area contributed by atoms with E-state index in [0.29, 0.717) is 22.9 Å². The first kappa shape index (κ1) is 18.3. The summed E-state index contributed by atoms with van der Waals surface area (Å²) in [4.78, 5) is 30.8. The Morgan fingerprint density at radius 1 is 1.14 bits per heavy atom. The number of imidazole rings is 1. The first-order valence-electron chi connectivity index (χ1n) is 9.46. The van der Waals surface area contributed by atoms with E-state index in [-0.39, 0.29) is 24.6 Å². The van der Waals surface area contributed by atoms with Gasteiger partial charge in [0.2, 0.25) is 12.7 Å². The van der Waals surface area contributed by atoms with Crippen molar-refractivity contribution in [1.29, 1.82) is 0 Å². The first-order valence-corrected chi connectivity index (χ1v) is 9.46. The van der Waals surface area contributed by atoms with Gasteiger partial charge in [-0.25, -0.2) is 4.98 Å². The first-order chi connectivity index (χ1) is 13.4. The van der Waals surface area contributed by atoms with Gasteiger partial charge in [-0.05, 0) is 38.8 Å². The van der Waals surface area contributed by atoms with Gasteiger partial charge in [0.1, 0.15) is 11.5 Å². The van der Waals surface area contributed by atoms with Crippen LogP contribution in [0.2, 0.25) is 0 Å². The molecule has 0 radical (unpaired) electrons. The van der Waals surface area contributed by atoms with Crippen molar-refractivity contribution in [2.45, 2.75) is 39.7 Å². The molecule has 148 valence electrons. The van der Waals surface area contributed by atoms with Crippen molar-refractivity contribution in [3.05, 3.63) is 35.4 Å². The Kier molecular flexibility index (Phi) is 4.70. The molecule has 2 aliphatic heterocycles. The molecule has 4 rings (SSSR count). The van der Waals surface area contributed by atoms with Crippen LogP contribution in [0.1, 0.15) is 47.8 Å². The van der Waals surface area contributed by atoms with Crippen molar-refractivity contribution in [3.63, 3.8) is 0 Å². The van der Waals surface area contributed by atoms with Gasteiger partial charge >= 0.3 is 0 Å². The highest BCUT2D eigenvalue weighted by atomic mass is 16.7. The largest absolute Gasteiger partial charge is 0.454 e. The monoisotopic (exact) mass is 384 g/mol. The van der Waals surface area contributed by atoms with E-state index in [1.807, 2.05) is 18.7 Å². The van der Waals surface area contributed by atoms with Crippen LogP contribution in [0.4, 0.5) is 5.69 Å². The summed E-state index contributed by atoms with van der Waals surface area (Å²) in [5.74, 6) is 1.97. The number of amides is 2. The molecular formula is C20H24N4O4. The van der Waals surface area contributed by atoms with E-state index < -0.39 is 0 Å². The maximum atomic E-state index is 12.8. The fourth-order valence-corrected chi connectivity index (χ4v) is 4.01. The molecule has 3 heterocycles. The summed E-state index contributed by atoms with van der Waals surface area (Å²) in [6.07, 6.45) is 1.72. The molecule has 2 aromatic rings. The molecule has 1 N–H and O–H groups in total. The minimum absolute atomic E-state index is 0.112. The third-order valence-corrected chi connectivity index (χ3v) is 5.45. The van der Waals surface area contributed by atoms with Gasteiger partial charge in [0.05, 0.1) is 0 Å². The van der Waals surface area contributed by atoms with E-state index in [1.54, 1.807) is 25.1 Å². The fraction of sp³-hybridized carbons (Fsp3) is 0.450. The van der Waals surface area contributed by atoms with Gasteiger partial charge < -0.3 is 24.3 Å². The predicted octanol–water partition coefficient (Wildman–Crippen LogP) is 2.66. The zero-order chi connectivity index (χ0) is 19.8. The molecular weight excluding hydrogens is 360 g/mol. The second kappa shape index (κ2) is 7.18. The zero-order valence-corrected chi connectivity index (χ0v) is 16.3. The summed E-state index contributed by atoms with van der Waals surface area (Å²) in [7, 11) is 0. The van der Waals surface area contributed by atoms with Gasteiger partial charge in [-0.1, -0.05) is 0 Å². The maximum Gasteiger partial charge on any atom is 0.276 e. The van der Waals surface area contributed by atoms with Gasteiger partial charge in [-0.2, -0.15) is 0 Å². The second-order valence-corrected chi connectivity index (χ2v) is 7.22. The van der Waals surface area contributed by atoms with Crippen LogP contribution >= 0.6 is 0 Å². The van der Waals surface area contributed by atoms with Crippen LogP contribution in [0, 0.1) is 13.8 Å². The number of hydrogen-bond acceptors (Lipinski definition) is 5. The average Bonchev–Trinajstić information content (AvgIpc) is 3.25. The number of likely N-dealkylation sites (tertiary alicyclic amines) is 1. The predicted molar refractivity (Wildman–Crippen MR) is 103 cm³/mol. The lowest BCUT2D eigenvalue weighted by Crippen LogP contribution is -2.38. The van der Waals surface area contributed by atoms with Crippen molar-refractivity contribution in [2.75, 3.05) is 25.2 Å². The average molecular weight is 384 g/mol. The Morgan fingerprint density at radius 3 is 2.57 bits per heavy atom. The molecule has 0 unspecified atom stereocenters. The number of anilines is 1. The van der Waals surface area contributed by atoms with Crippen molar-refractivity contribution >= 4 is 17.5 Å². The van der Waals surface area contributed by atoms with E-state index in [2.05, 4.69) is 14.9 Å². The zero-order valence-electron chi connectivity index (χ0n) is 16.3. The molecule has 1 fully saturated rings. The molecule has 1 saturated heterocycles. The lowest BCUT2D eigenvalue weighted by molar-refractivity contribution is -0.130. The molecule has 0 spiro atoms. The summed E-state index contributed by atoms with van der Waals surface area (Å²) >= 11 is 0. The summed E-state index contributed by atoms with van der Waals surface area (Å²) in [5.41, 5.74) is 1.90. The topological polar surface area (TPSA) is 85.7 Å². The Hall–Kier alpha value is -3.03. The van der Waals surface area contributed by atoms with Crippen molar-refractivity contribution < 1.29 is 19.1 Å². The number of carbonyl (C=O) groups excluding carboxylic acids is 2. The van der Waals surface area contributed by atoms with Gasteiger partial charge in [0.15, 0.2) is 11.5 Å². The highest BCUT2D eigenvalue weighted by Gasteiger charge is 2.27. The van der Waals surface area contributed by atoms with Crippen LogP contribution in [-0.2, 0) is 4.79 Å². The number of aromatic nitrogens is 2. The standard InChI is InChI=1S/C20H24N4O4/c1-12-19(20(26)22-15-4-5-17-18(10-15)28-11-27-17)21-13(2)24(12)16-6-8-23(9-7-16)14(3)25/h4-5,10,16H,6-9,11H2,1-3H3,(H,22,26). The van der Waals surface area contributed by atoms with Crippen LogP contribution in [0.3, 0.4) is 0 Å². The van der Waals surface area contributed by atoms with Crippen LogP contribution in [0.25, 0.3) is 0 Å². The maximum absolute atomic E-state index is 12.8. The molecule has 0 saturated carbocycles. The Balaban J connectivity index is 1.50. The molecule has 8 heteroatoms. The second-order valence-electron chi connectivity index (χ2n) is 7.22. The molecule has 0 bridgehead atoms. The van der Waals surface area contributed by atoms with E-state index >= 15 is 0 Å². The van der Waals surface area contributed by atoms with Crippen molar-refractivity contribution in [1.82, 2.24) is 14.5 Å². The van der Waals surface area contributed by atoms with Gasteiger partial charge in [-0.3, -0.25) is 9.59 Å². The van der Waals surface area contributed by atoms with Crippen LogP contribution in [0.5, 0.6) is 11.5 Å². The van der Waals surface area contributed by atoms with Gasteiger partial charge in [0.25, 0.3) is 5.91 Å². The number of rotatable bonds is 3. The van der Waals surface area contributed by atoms with Gasteiger partial charge in [-0.15, -0.1) is 0 Å². The molecule has 2 amide bonds. The number of benzene rings is 1. The van der Waals surface area contributed by atoms with Crippen molar-refractivity contribution in [2.24, 2.45) is 0 Å². The lowest BCUT2D eigenvalue weighted by atomic mass is 10.0. The lowest BCUT2D eigenvalue weighted by Gasteiger charge is -2.33. The van der Waals surface area contributed by atoms with E-state index in [0.717, 1.165) is 37.4 Å². The number of ether oxygens (including phenoxy) is 2. The molecule has 0 aliphatic carbocycles. The van der Waals surface area contributed by atoms with Crippen LogP contribution < -0.4 is 14.8 Å². The minimum atomic E-state index is -0.251. The molecule has 0 atom stereocenters. The van der Waals surface area contributed by atoms with E-state index in [1.165, 1.54) is 0 Å². The molecule has 1 aromatic carbocycles. The fourth-order valence-electron chi connectivity index (χ4n) is 4.01. The third kappa shape index (κ3) is 3.30. The Labute approximate surface area is 163 Å². The molecule has 8 nitrogen and oxygen atoms in total. The Bertz CT molecular complexity index is 929. The third-order valence-electron chi connectivity index (χ3n) is 5.45. The normalized spacial score (nSPS) is 16.3. The SMILES string of the molecule is CC(=O)N1CCC(n2c(C)nc(C(=O)Nc3ccc4c(c3)OCO4)c2C)CC1. The summed E-state index contributed by atoms with van der Waals surface area (Å²) in [6.45, 7) is 7.10. The highest BCUT2D eigenvalue weighted by Crippen LogP contribution is 2.34. The summed E-state index contributed by atoms with van der Waals surface area (Å²) in [6, 6.07) is 5.55. The number of piperidine rings is 1. The number of nitrogens with one attached hydrogen (secondary N) is 1. The molecule has 28 heavy (non-hydrogen) atoms. The minimum Gasteiger partial charge on any atom is -0.454 e. The quantitative estimate of drug-likeness (QED) is 0.879. The number of nitrogens with zero attached hydrogens (tertiary/aromatic N) is 3. The van der Waals surface area contributed by atoms with E-state index in [9.17, 15) is 9.59 Å². The summed E-state index contributed by atoms with van der Waals surface area (Å²) in [5, 5.41) is 2.89. The van der Waals surface area contributed by atoms with Crippen molar-refractivity contribution in [3.8, 4) is 11.5 Å². The number of fused-ring (bicyclic) bond motifs is 1. The van der Waals surface area contributed by atoms with Gasteiger partial charge in [0, 0.05) is 43.5 Å². The number of carbonyl (C=O) groups is 2. The van der Waals surface area contributed by atoms with Crippen LogP contribution in [-0.4, -0.2) is 46.1 Å². The van der Waals surface area contributed by atoms with Crippen LogP contribution in [0.15, 0.2) is 18.2 Å². The highest BCUT2D eigenvalue weighted by molar-refractivity contribution is 6.03. The number of hydrogen-bond donors (Lipinski definition) is 1. The smallest absolute Gasteiger partial charge is 0.276 e.